The second-order valence-corrected chi connectivity index (χ2v) is 7.74. The first kappa shape index (κ1) is 17.2. The Morgan fingerprint density at radius 1 is 1.19 bits per heavy atom. The van der Waals surface area contributed by atoms with Gasteiger partial charge in [0.2, 0.25) is 11.8 Å². The maximum absolute atomic E-state index is 12.5. The predicted octanol–water partition coefficient (Wildman–Crippen LogP) is 1.18. The Labute approximate surface area is 152 Å². The molecule has 0 unspecified atom stereocenters. The molecule has 1 atom stereocenters. The molecule has 0 spiro atoms. The normalized spacial score (nSPS) is 22.4. The lowest BCUT2D eigenvalue weighted by Crippen LogP contribution is -2.40. The fourth-order valence-corrected chi connectivity index (χ4v) is 4.01. The summed E-state index contributed by atoms with van der Waals surface area (Å²) in [5, 5.41) is 0. The van der Waals surface area contributed by atoms with Gasteiger partial charge in [-0.15, -0.1) is 0 Å². The van der Waals surface area contributed by atoms with E-state index < -0.39 is 0 Å². The van der Waals surface area contributed by atoms with Gasteiger partial charge in [-0.2, -0.15) is 0 Å². The smallest absolute Gasteiger partial charge is 0.254 e. The number of amides is 2. The van der Waals surface area contributed by atoms with Gasteiger partial charge in [0.15, 0.2) is 0 Å². The number of rotatable bonds is 4. The molecule has 0 radical (unpaired) electrons. The SMILES string of the molecule is CCCC(=O)N1CC[C@@H](c2nc3c(c(=O)[nH]2)CCN(C(=O)C2CC2)C3)C1. The van der Waals surface area contributed by atoms with E-state index >= 15 is 0 Å². The van der Waals surface area contributed by atoms with Gasteiger partial charge in [0.25, 0.3) is 5.56 Å². The lowest BCUT2D eigenvalue weighted by molar-refractivity contribution is -0.133. The third kappa shape index (κ3) is 3.27. The van der Waals surface area contributed by atoms with E-state index in [9.17, 15) is 14.4 Å². The standard InChI is InChI=1S/C19H26N4O3/c1-2-3-16(24)22-8-6-13(10-22)17-20-15-11-23(19(26)12-4-5-12)9-7-14(15)18(25)21-17/h12-13H,2-11H2,1H3,(H,20,21,25)/t13-/m1/s1. The molecule has 1 saturated heterocycles. The summed E-state index contributed by atoms with van der Waals surface area (Å²) in [6.07, 6.45) is 4.78. The van der Waals surface area contributed by atoms with Gasteiger partial charge in [0.05, 0.1) is 12.2 Å². The molecule has 0 aromatic carbocycles. The molecule has 2 amide bonds. The van der Waals surface area contributed by atoms with Gasteiger partial charge < -0.3 is 14.8 Å². The van der Waals surface area contributed by atoms with Crippen LogP contribution in [-0.2, 0) is 22.6 Å². The molecule has 2 fully saturated rings. The first-order valence-electron chi connectivity index (χ1n) is 9.75. The second kappa shape index (κ2) is 6.85. The van der Waals surface area contributed by atoms with E-state index in [1.54, 1.807) is 0 Å². The number of nitrogens with zero attached hydrogens (tertiary/aromatic N) is 3. The van der Waals surface area contributed by atoms with Crippen LogP contribution in [0.3, 0.4) is 0 Å². The predicted molar refractivity (Wildman–Crippen MR) is 95.5 cm³/mol. The molecule has 3 heterocycles. The van der Waals surface area contributed by atoms with Gasteiger partial charge in [-0.05, 0) is 32.1 Å². The van der Waals surface area contributed by atoms with Gasteiger partial charge in [0.1, 0.15) is 5.82 Å². The van der Waals surface area contributed by atoms with E-state index in [2.05, 4.69) is 4.98 Å². The van der Waals surface area contributed by atoms with E-state index in [1.807, 2.05) is 16.7 Å². The molecule has 1 aromatic heterocycles. The van der Waals surface area contributed by atoms with Gasteiger partial charge in [-0.3, -0.25) is 14.4 Å². The minimum absolute atomic E-state index is 0.0725. The molecule has 140 valence electrons. The summed E-state index contributed by atoms with van der Waals surface area (Å²) in [5.74, 6) is 1.31. The zero-order valence-corrected chi connectivity index (χ0v) is 15.3. The number of aromatic nitrogens is 2. The second-order valence-electron chi connectivity index (χ2n) is 7.74. The molecule has 7 nitrogen and oxygen atoms in total. The zero-order chi connectivity index (χ0) is 18.3. The van der Waals surface area contributed by atoms with Crippen LogP contribution >= 0.6 is 0 Å². The number of hydrogen-bond acceptors (Lipinski definition) is 4. The maximum atomic E-state index is 12.5. The Hall–Kier alpha value is -2.18. The number of nitrogens with one attached hydrogen (secondary N) is 1. The number of H-pyrrole nitrogens is 1. The zero-order valence-electron chi connectivity index (χ0n) is 15.3. The van der Waals surface area contributed by atoms with Crippen LogP contribution in [0.1, 0.15) is 62.0 Å². The van der Waals surface area contributed by atoms with Crippen LogP contribution in [0.15, 0.2) is 4.79 Å². The van der Waals surface area contributed by atoms with Crippen LogP contribution in [0.5, 0.6) is 0 Å². The molecule has 2 aliphatic heterocycles. The average molecular weight is 358 g/mol. The molecular weight excluding hydrogens is 332 g/mol. The highest BCUT2D eigenvalue weighted by Gasteiger charge is 2.36. The number of carbonyl (C=O) groups is 2. The Morgan fingerprint density at radius 2 is 2.00 bits per heavy atom. The number of hydrogen-bond donors (Lipinski definition) is 1. The van der Waals surface area contributed by atoms with Crippen LogP contribution < -0.4 is 5.56 Å². The van der Waals surface area contributed by atoms with Gasteiger partial charge >= 0.3 is 0 Å². The van der Waals surface area contributed by atoms with Crippen LogP contribution in [0.25, 0.3) is 0 Å². The van der Waals surface area contributed by atoms with Gasteiger partial charge in [0, 0.05) is 43.5 Å². The number of fused-ring (bicyclic) bond motifs is 1. The van der Waals surface area contributed by atoms with Crippen LogP contribution in [0, 0.1) is 5.92 Å². The van der Waals surface area contributed by atoms with Crippen molar-refractivity contribution in [1.82, 2.24) is 19.8 Å². The quantitative estimate of drug-likeness (QED) is 0.876. The van der Waals surface area contributed by atoms with Crippen molar-refractivity contribution in [2.75, 3.05) is 19.6 Å². The number of aromatic amines is 1. The third-order valence-corrected chi connectivity index (χ3v) is 5.72. The maximum Gasteiger partial charge on any atom is 0.254 e. The van der Waals surface area contributed by atoms with E-state index in [0.717, 1.165) is 37.9 Å². The van der Waals surface area contributed by atoms with Gasteiger partial charge in [-0.25, -0.2) is 4.98 Å². The Balaban J connectivity index is 1.51. The Morgan fingerprint density at radius 3 is 2.73 bits per heavy atom. The van der Waals surface area contributed by atoms with Crippen LogP contribution in [0.4, 0.5) is 0 Å². The van der Waals surface area contributed by atoms with E-state index in [0.29, 0.717) is 43.9 Å². The fourth-order valence-electron chi connectivity index (χ4n) is 4.01. The molecule has 1 saturated carbocycles. The van der Waals surface area contributed by atoms with Crippen molar-refractivity contribution >= 4 is 11.8 Å². The first-order valence-corrected chi connectivity index (χ1v) is 9.75. The van der Waals surface area contributed by atoms with Crippen molar-refractivity contribution in [3.8, 4) is 0 Å². The summed E-state index contributed by atoms with van der Waals surface area (Å²) in [5.41, 5.74) is 1.37. The van der Waals surface area contributed by atoms with E-state index in [1.165, 1.54) is 0 Å². The lowest BCUT2D eigenvalue weighted by Gasteiger charge is -2.28. The molecule has 1 aliphatic carbocycles. The van der Waals surface area contributed by atoms with E-state index in [4.69, 9.17) is 4.98 Å². The summed E-state index contributed by atoms with van der Waals surface area (Å²) in [6, 6.07) is 0. The Bertz CT molecular complexity index is 783. The van der Waals surface area contributed by atoms with Gasteiger partial charge in [-0.1, -0.05) is 6.92 Å². The van der Waals surface area contributed by atoms with Crippen molar-refractivity contribution < 1.29 is 9.59 Å². The molecule has 1 aromatic rings. The molecule has 4 rings (SSSR count). The van der Waals surface area contributed by atoms with Crippen molar-refractivity contribution in [3.63, 3.8) is 0 Å². The summed E-state index contributed by atoms with van der Waals surface area (Å²) < 4.78 is 0. The highest BCUT2D eigenvalue weighted by Crippen LogP contribution is 2.32. The van der Waals surface area contributed by atoms with Crippen molar-refractivity contribution in [1.29, 1.82) is 0 Å². The number of carbonyl (C=O) groups excluding carboxylic acids is 2. The van der Waals surface area contributed by atoms with Crippen LogP contribution in [0.2, 0.25) is 0 Å². The topological polar surface area (TPSA) is 86.4 Å². The molecule has 0 bridgehead atoms. The fraction of sp³-hybridized carbons (Fsp3) is 0.684. The van der Waals surface area contributed by atoms with Crippen molar-refractivity contribution in [3.05, 3.63) is 27.4 Å². The summed E-state index contributed by atoms with van der Waals surface area (Å²) >= 11 is 0. The van der Waals surface area contributed by atoms with E-state index in [-0.39, 0.29) is 29.2 Å². The lowest BCUT2D eigenvalue weighted by atomic mass is 10.0. The van der Waals surface area contributed by atoms with Crippen molar-refractivity contribution in [2.24, 2.45) is 5.92 Å². The molecule has 7 heteroatoms. The monoisotopic (exact) mass is 358 g/mol. The van der Waals surface area contributed by atoms with Crippen molar-refractivity contribution in [2.45, 2.75) is 57.9 Å². The highest BCUT2D eigenvalue weighted by molar-refractivity contribution is 5.81. The molecule has 3 aliphatic rings. The highest BCUT2D eigenvalue weighted by atomic mass is 16.2. The summed E-state index contributed by atoms with van der Waals surface area (Å²) in [7, 11) is 0. The average Bonchev–Trinajstić information content (AvgIpc) is 3.36. The summed E-state index contributed by atoms with van der Waals surface area (Å²) in [6.45, 7) is 4.38. The molecule has 26 heavy (non-hydrogen) atoms. The largest absolute Gasteiger partial charge is 0.342 e. The molecule has 1 N–H and O–H groups in total. The Kier molecular flexibility index (Phi) is 4.54. The summed E-state index contributed by atoms with van der Waals surface area (Å²) in [4.78, 5) is 48.3. The minimum atomic E-state index is -0.0816. The van der Waals surface area contributed by atoms with Crippen LogP contribution in [-0.4, -0.2) is 51.2 Å². The minimum Gasteiger partial charge on any atom is -0.342 e. The first-order chi connectivity index (χ1) is 12.6. The number of likely N-dealkylation sites (tertiary alicyclic amines) is 1. The molecular formula is C19H26N4O3. The third-order valence-electron chi connectivity index (χ3n) is 5.72.